The van der Waals surface area contributed by atoms with Gasteiger partial charge in [0.2, 0.25) is 11.8 Å². The summed E-state index contributed by atoms with van der Waals surface area (Å²) in [5, 5.41) is 10.4. The fourth-order valence-corrected chi connectivity index (χ4v) is 8.57. The molecule has 2 aliphatic heterocycles. The zero-order valence-corrected chi connectivity index (χ0v) is 25.5. The molecule has 7 rings (SSSR count). The number of halogens is 3. The number of ether oxygens (including phenoxy) is 1. The Labute approximate surface area is 268 Å². The molecule has 1 N–H and O–H groups in total. The fraction of sp³-hybridized carbons (Fsp3) is 0.294. The smallest absolute Gasteiger partial charge is 0.258 e. The van der Waals surface area contributed by atoms with E-state index in [4.69, 9.17) is 27.9 Å². The average molecular weight is 650 g/mol. The first kappa shape index (κ1) is 29.5. The fourth-order valence-electron chi connectivity index (χ4n) is 7.63. The zero-order chi connectivity index (χ0) is 31.8. The maximum atomic E-state index is 14.4. The van der Waals surface area contributed by atoms with E-state index in [0.717, 1.165) is 22.6 Å². The maximum absolute atomic E-state index is 14.4. The van der Waals surface area contributed by atoms with Crippen LogP contribution in [-0.2, 0) is 25.7 Å². The summed E-state index contributed by atoms with van der Waals surface area (Å²) in [6.45, 7) is 0.105. The van der Waals surface area contributed by atoms with E-state index in [1.54, 1.807) is 6.07 Å². The third kappa shape index (κ3) is 4.10. The topological polar surface area (TPSA) is 104 Å². The number of benzene rings is 3. The number of hydrogen-bond acceptors (Lipinski definition) is 6. The van der Waals surface area contributed by atoms with Gasteiger partial charge in [-0.1, -0.05) is 48.0 Å². The molecular formula is C34H27Cl2FN2O6. The van der Waals surface area contributed by atoms with E-state index in [0.29, 0.717) is 11.1 Å². The highest BCUT2D eigenvalue weighted by Gasteiger charge is 2.76. The van der Waals surface area contributed by atoms with Crippen molar-refractivity contribution in [2.75, 3.05) is 12.0 Å². The summed E-state index contributed by atoms with van der Waals surface area (Å²) in [5.74, 6) is -6.13. The second-order valence-corrected chi connectivity index (χ2v) is 13.2. The molecule has 3 fully saturated rings. The lowest BCUT2D eigenvalue weighted by Crippen LogP contribution is -2.60. The third-order valence-electron chi connectivity index (χ3n) is 9.71. The van der Waals surface area contributed by atoms with Crippen LogP contribution in [-0.4, -0.2) is 50.5 Å². The van der Waals surface area contributed by atoms with Crippen molar-refractivity contribution in [1.82, 2.24) is 4.90 Å². The second-order valence-electron chi connectivity index (χ2n) is 11.9. The van der Waals surface area contributed by atoms with Crippen molar-refractivity contribution in [1.29, 1.82) is 0 Å². The van der Waals surface area contributed by atoms with Crippen molar-refractivity contribution in [3.05, 3.63) is 101 Å². The van der Waals surface area contributed by atoms with Crippen molar-refractivity contribution in [2.24, 2.45) is 17.8 Å². The number of hydrogen-bond donors (Lipinski definition) is 1. The predicted molar refractivity (Wildman–Crippen MR) is 163 cm³/mol. The highest BCUT2D eigenvalue weighted by atomic mass is 35.5. The van der Waals surface area contributed by atoms with Gasteiger partial charge in [-0.05, 0) is 66.3 Å². The number of phenols is 1. The molecule has 6 unspecified atom stereocenters. The van der Waals surface area contributed by atoms with Gasteiger partial charge < -0.3 is 9.84 Å². The number of imide groups is 2. The zero-order valence-electron chi connectivity index (χ0n) is 24.0. The maximum Gasteiger partial charge on any atom is 0.258 e. The first-order valence-electron chi connectivity index (χ1n) is 14.5. The van der Waals surface area contributed by atoms with Gasteiger partial charge in [0.05, 0.1) is 31.2 Å². The number of phenolic OH excluding ortho intramolecular Hbond substituents is 1. The summed E-state index contributed by atoms with van der Waals surface area (Å²) in [6.07, 6.45) is 1.88. The van der Waals surface area contributed by atoms with Gasteiger partial charge in [0.1, 0.15) is 5.82 Å². The van der Waals surface area contributed by atoms with Crippen LogP contribution < -0.4 is 9.64 Å². The molecule has 1 saturated carbocycles. The largest absolute Gasteiger partial charge is 0.504 e. The van der Waals surface area contributed by atoms with Crippen molar-refractivity contribution in [3.8, 4) is 11.5 Å². The van der Waals surface area contributed by atoms with E-state index in [2.05, 4.69) is 0 Å². The number of anilines is 1. The molecule has 11 heteroatoms. The van der Waals surface area contributed by atoms with Crippen molar-refractivity contribution in [2.45, 2.75) is 35.1 Å². The Bertz CT molecular complexity index is 1800. The molecule has 0 radical (unpaired) electrons. The minimum atomic E-state index is -2.08. The Balaban J connectivity index is 1.38. The number of fused-ring (bicyclic) bond motifs is 4. The van der Waals surface area contributed by atoms with E-state index in [9.17, 15) is 28.7 Å². The van der Waals surface area contributed by atoms with Crippen molar-refractivity contribution < 1.29 is 33.4 Å². The molecule has 8 nitrogen and oxygen atoms in total. The minimum absolute atomic E-state index is 0.0962. The Morgan fingerprint density at radius 3 is 2.33 bits per heavy atom. The van der Waals surface area contributed by atoms with Crippen molar-refractivity contribution in [3.63, 3.8) is 0 Å². The molecule has 3 aromatic carbocycles. The van der Waals surface area contributed by atoms with E-state index < -0.39 is 51.1 Å². The molecule has 4 amide bonds. The molecule has 0 spiro atoms. The lowest BCUT2D eigenvalue weighted by molar-refractivity contribution is -0.141. The summed E-state index contributed by atoms with van der Waals surface area (Å²) in [6, 6.07) is 18.5. The first-order chi connectivity index (χ1) is 21.5. The van der Waals surface area contributed by atoms with E-state index in [-0.39, 0.29) is 48.4 Å². The van der Waals surface area contributed by atoms with E-state index >= 15 is 0 Å². The van der Waals surface area contributed by atoms with Crippen molar-refractivity contribution >= 4 is 52.5 Å². The van der Waals surface area contributed by atoms with E-state index in [1.165, 1.54) is 36.3 Å². The van der Waals surface area contributed by atoms with Crippen LogP contribution in [0.4, 0.5) is 10.1 Å². The summed E-state index contributed by atoms with van der Waals surface area (Å²) < 4.78 is 19.2. The number of aromatic hydroxyl groups is 1. The number of methoxy groups -OCH3 is 1. The Kier molecular flexibility index (Phi) is 6.83. The second kappa shape index (κ2) is 10.4. The quantitative estimate of drug-likeness (QED) is 0.229. The van der Waals surface area contributed by atoms with Gasteiger partial charge in [-0.3, -0.25) is 24.1 Å². The number of allylic oxidation sites excluding steroid dienone is 2. The molecule has 2 heterocycles. The highest BCUT2D eigenvalue weighted by Crippen LogP contribution is 2.66. The van der Waals surface area contributed by atoms with Crippen LogP contribution in [0.1, 0.15) is 29.9 Å². The number of amides is 4. The van der Waals surface area contributed by atoms with E-state index in [1.807, 2.05) is 36.4 Å². The third-order valence-corrected chi connectivity index (χ3v) is 11.1. The SMILES string of the molecule is COc1cc(C2C3=CCC4C(=O)N(Cc5ccccc5)C(=O)C4C3CC3(Cl)C(=O)N(c4ccc(F)cc4)C(=O)C23Cl)ccc1O. The molecular weight excluding hydrogens is 622 g/mol. The van der Waals surface area contributed by atoms with Gasteiger partial charge in [-0.25, -0.2) is 9.29 Å². The van der Waals surface area contributed by atoms with Crippen LogP contribution in [0.2, 0.25) is 0 Å². The molecule has 6 atom stereocenters. The molecule has 2 saturated heterocycles. The standard InChI is InChI=1S/C34H27Cl2FN2O6/c1-45-26-15-19(7-14-25(26)40)28-22-12-13-23-27(30(42)38(29(23)41)17-18-5-3-2-4-6-18)24(22)16-33(35)31(43)39(32(44)34(28,33)36)21-10-8-20(37)9-11-21/h2-12,14-15,23-24,27-28,40H,13,16-17H2,1H3. The summed E-state index contributed by atoms with van der Waals surface area (Å²) in [5.41, 5.74) is 1.93. The number of carbonyl (C=O) groups is 4. The van der Waals surface area contributed by atoms with Crippen LogP contribution in [0.15, 0.2) is 84.4 Å². The highest BCUT2D eigenvalue weighted by molar-refractivity contribution is 6.58. The summed E-state index contributed by atoms with van der Waals surface area (Å²) in [4.78, 5) is 54.5. The monoisotopic (exact) mass is 648 g/mol. The van der Waals surface area contributed by atoms with Gasteiger partial charge >= 0.3 is 0 Å². The van der Waals surface area contributed by atoms with Gasteiger partial charge in [-0.15, -0.1) is 23.2 Å². The normalized spacial score (nSPS) is 30.6. The number of alkyl halides is 2. The van der Waals surface area contributed by atoms with Gasteiger partial charge in [0.25, 0.3) is 11.8 Å². The summed E-state index contributed by atoms with van der Waals surface area (Å²) in [7, 11) is 1.37. The molecule has 0 bridgehead atoms. The number of rotatable bonds is 5. The average Bonchev–Trinajstić information content (AvgIpc) is 3.36. The molecule has 3 aromatic rings. The number of carbonyl (C=O) groups excluding carboxylic acids is 4. The molecule has 45 heavy (non-hydrogen) atoms. The van der Waals surface area contributed by atoms with Crippen LogP contribution in [0, 0.1) is 23.6 Å². The Hall–Kier alpha value is -4.21. The van der Waals surface area contributed by atoms with Gasteiger partial charge in [-0.2, -0.15) is 0 Å². The number of nitrogens with zero attached hydrogens (tertiary/aromatic N) is 2. The first-order valence-corrected chi connectivity index (χ1v) is 15.2. The molecule has 230 valence electrons. The van der Waals surface area contributed by atoms with Crippen LogP contribution in [0.3, 0.4) is 0 Å². The van der Waals surface area contributed by atoms with Crippen LogP contribution in [0.25, 0.3) is 0 Å². The van der Waals surface area contributed by atoms with Gasteiger partial charge in [0.15, 0.2) is 21.2 Å². The number of likely N-dealkylation sites (tertiary alicyclic amines) is 1. The van der Waals surface area contributed by atoms with Gasteiger partial charge in [0, 0.05) is 5.92 Å². The lowest BCUT2D eigenvalue weighted by Gasteiger charge is -2.50. The lowest BCUT2D eigenvalue weighted by atomic mass is 9.56. The molecule has 4 aliphatic rings. The Morgan fingerprint density at radius 2 is 1.64 bits per heavy atom. The molecule has 2 aliphatic carbocycles. The van der Waals surface area contributed by atoms with Crippen LogP contribution >= 0.6 is 23.2 Å². The van der Waals surface area contributed by atoms with Crippen LogP contribution in [0.5, 0.6) is 11.5 Å². The molecule has 0 aromatic heterocycles. The summed E-state index contributed by atoms with van der Waals surface area (Å²) >= 11 is 14.7. The minimum Gasteiger partial charge on any atom is -0.504 e. The predicted octanol–water partition coefficient (Wildman–Crippen LogP) is 5.30. The Morgan fingerprint density at radius 1 is 0.933 bits per heavy atom.